The summed E-state index contributed by atoms with van der Waals surface area (Å²) in [5.74, 6) is 0. The first-order chi connectivity index (χ1) is 11.1. The van der Waals surface area contributed by atoms with E-state index in [9.17, 15) is 5.26 Å². The van der Waals surface area contributed by atoms with Gasteiger partial charge in [0.15, 0.2) is 0 Å². The summed E-state index contributed by atoms with van der Waals surface area (Å²) in [6, 6.07) is 8.38. The molecule has 0 aliphatic heterocycles. The molecule has 1 aromatic carbocycles. The molecule has 1 aromatic heterocycles. The highest BCUT2D eigenvalue weighted by Crippen LogP contribution is 2.25. The predicted molar refractivity (Wildman–Crippen MR) is 96.5 cm³/mol. The third-order valence-corrected chi connectivity index (χ3v) is 4.63. The molecule has 0 fully saturated rings. The normalized spacial score (nSPS) is 11.3. The first-order valence-corrected chi connectivity index (χ1v) is 8.47. The fourth-order valence-corrected chi connectivity index (χ4v) is 3.15. The SMILES string of the molecule is CCN(CCO)c1ccc(/C=C(\C#N)c2nc(C)cs2)c(C)c1. The van der Waals surface area contributed by atoms with Gasteiger partial charge in [-0.2, -0.15) is 5.26 Å². The number of nitrogens with zero attached hydrogens (tertiary/aromatic N) is 3. The molecule has 0 spiro atoms. The maximum Gasteiger partial charge on any atom is 0.134 e. The van der Waals surface area contributed by atoms with Crippen LogP contribution in [0.5, 0.6) is 0 Å². The van der Waals surface area contributed by atoms with Crippen LogP contribution in [0, 0.1) is 25.2 Å². The van der Waals surface area contributed by atoms with E-state index in [1.807, 2.05) is 37.4 Å². The van der Waals surface area contributed by atoms with Gasteiger partial charge in [0.25, 0.3) is 0 Å². The van der Waals surface area contributed by atoms with Crippen molar-refractivity contribution in [3.05, 3.63) is 45.4 Å². The van der Waals surface area contributed by atoms with Crippen LogP contribution in [-0.2, 0) is 0 Å². The molecule has 0 aliphatic carbocycles. The zero-order chi connectivity index (χ0) is 16.8. The lowest BCUT2D eigenvalue weighted by Crippen LogP contribution is -2.26. The Kier molecular flexibility index (Phi) is 5.91. The van der Waals surface area contributed by atoms with Gasteiger partial charge < -0.3 is 10.0 Å². The number of rotatable bonds is 6. The van der Waals surface area contributed by atoms with Gasteiger partial charge in [-0.05, 0) is 50.1 Å². The van der Waals surface area contributed by atoms with Crippen molar-refractivity contribution in [2.75, 3.05) is 24.6 Å². The zero-order valence-electron chi connectivity index (χ0n) is 13.7. The number of allylic oxidation sites excluding steroid dienone is 1. The van der Waals surface area contributed by atoms with Crippen LogP contribution in [0.4, 0.5) is 5.69 Å². The molecule has 23 heavy (non-hydrogen) atoms. The molecule has 0 unspecified atom stereocenters. The Labute approximate surface area is 141 Å². The van der Waals surface area contributed by atoms with Crippen molar-refractivity contribution in [3.63, 3.8) is 0 Å². The number of hydrogen-bond acceptors (Lipinski definition) is 5. The number of aliphatic hydroxyl groups is 1. The average Bonchev–Trinajstić information content (AvgIpc) is 2.97. The smallest absolute Gasteiger partial charge is 0.134 e. The summed E-state index contributed by atoms with van der Waals surface area (Å²) in [6.07, 6.45) is 1.89. The largest absolute Gasteiger partial charge is 0.395 e. The molecular formula is C18H21N3OS. The third kappa shape index (κ3) is 4.19. The first-order valence-electron chi connectivity index (χ1n) is 7.59. The summed E-state index contributed by atoms with van der Waals surface area (Å²) in [5.41, 5.74) is 4.71. The number of hydrogen-bond donors (Lipinski definition) is 1. The van der Waals surface area contributed by atoms with E-state index in [1.165, 1.54) is 11.3 Å². The number of anilines is 1. The molecule has 1 N–H and O–H groups in total. The van der Waals surface area contributed by atoms with Crippen molar-refractivity contribution in [1.29, 1.82) is 5.26 Å². The van der Waals surface area contributed by atoms with E-state index < -0.39 is 0 Å². The van der Waals surface area contributed by atoms with Gasteiger partial charge in [-0.15, -0.1) is 11.3 Å². The van der Waals surface area contributed by atoms with Crippen molar-refractivity contribution < 1.29 is 5.11 Å². The third-order valence-electron chi connectivity index (χ3n) is 3.64. The lowest BCUT2D eigenvalue weighted by Gasteiger charge is -2.22. The van der Waals surface area contributed by atoms with Crippen LogP contribution >= 0.6 is 11.3 Å². The van der Waals surface area contributed by atoms with Gasteiger partial charge >= 0.3 is 0 Å². The molecule has 0 atom stereocenters. The molecule has 5 heteroatoms. The van der Waals surface area contributed by atoms with E-state index in [1.54, 1.807) is 0 Å². The summed E-state index contributed by atoms with van der Waals surface area (Å²) in [5, 5.41) is 21.2. The molecule has 0 bridgehead atoms. The average molecular weight is 327 g/mol. The molecule has 0 saturated carbocycles. The van der Waals surface area contributed by atoms with Crippen LogP contribution in [-0.4, -0.2) is 29.8 Å². The fourth-order valence-electron chi connectivity index (χ4n) is 2.38. The monoisotopic (exact) mass is 327 g/mol. The van der Waals surface area contributed by atoms with Gasteiger partial charge in [-0.1, -0.05) is 6.07 Å². The van der Waals surface area contributed by atoms with E-state index in [0.717, 1.165) is 34.1 Å². The van der Waals surface area contributed by atoms with Gasteiger partial charge in [0.2, 0.25) is 0 Å². The van der Waals surface area contributed by atoms with E-state index in [0.29, 0.717) is 12.1 Å². The number of nitriles is 1. The molecule has 0 saturated heterocycles. The standard InChI is InChI=1S/C18H21N3OS/c1-4-21(7-8-22)17-6-5-15(13(2)9-17)10-16(11-19)18-20-14(3)12-23-18/h5-6,9-10,12,22H,4,7-8H2,1-3H3/b16-10+. The molecule has 1 heterocycles. The number of likely N-dealkylation sites (N-methyl/N-ethyl adjacent to an activating group) is 1. The fraction of sp³-hybridized carbons (Fsp3) is 0.333. The molecule has 0 aliphatic rings. The van der Waals surface area contributed by atoms with Crippen LogP contribution in [0.15, 0.2) is 23.6 Å². The highest BCUT2D eigenvalue weighted by molar-refractivity contribution is 7.11. The Balaban J connectivity index is 2.33. The Hall–Kier alpha value is -2.16. The van der Waals surface area contributed by atoms with E-state index in [-0.39, 0.29) is 6.61 Å². The number of aliphatic hydroxyl groups excluding tert-OH is 1. The second-order valence-corrected chi connectivity index (χ2v) is 6.17. The predicted octanol–water partition coefficient (Wildman–Crippen LogP) is 3.64. The summed E-state index contributed by atoms with van der Waals surface area (Å²) in [7, 11) is 0. The van der Waals surface area contributed by atoms with Gasteiger partial charge in [0, 0.05) is 29.9 Å². The Morgan fingerprint density at radius 3 is 2.74 bits per heavy atom. The van der Waals surface area contributed by atoms with Crippen LogP contribution in [0.3, 0.4) is 0 Å². The van der Waals surface area contributed by atoms with Crippen LogP contribution in [0.1, 0.15) is 28.8 Å². The van der Waals surface area contributed by atoms with E-state index in [4.69, 9.17) is 5.11 Å². The zero-order valence-corrected chi connectivity index (χ0v) is 14.5. The lowest BCUT2D eigenvalue weighted by atomic mass is 10.0. The molecule has 2 aromatic rings. The summed E-state index contributed by atoms with van der Waals surface area (Å²) in [4.78, 5) is 6.50. The number of thiazole rings is 1. The Morgan fingerprint density at radius 2 is 2.22 bits per heavy atom. The topological polar surface area (TPSA) is 60.1 Å². The van der Waals surface area contributed by atoms with E-state index in [2.05, 4.69) is 28.9 Å². The minimum absolute atomic E-state index is 0.135. The lowest BCUT2D eigenvalue weighted by molar-refractivity contribution is 0.302. The van der Waals surface area contributed by atoms with Gasteiger partial charge in [0.05, 0.1) is 12.2 Å². The second kappa shape index (κ2) is 7.91. The van der Waals surface area contributed by atoms with Crippen LogP contribution in [0.25, 0.3) is 11.6 Å². The van der Waals surface area contributed by atoms with E-state index >= 15 is 0 Å². The summed E-state index contributed by atoms with van der Waals surface area (Å²) >= 11 is 1.49. The summed E-state index contributed by atoms with van der Waals surface area (Å²) < 4.78 is 0. The molecule has 120 valence electrons. The Morgan fingerprint density at radius 1 is 1.43 bits per heavy atom. The minimum atomic E-state index is 0.135. The van der Waals surface area contributed by atoms with Crippen molar-refractivity contribution in [2.24, 2.45) is 0 Å². The number of aryl methyl sites for hydroxylation is 2. The van der Waals surface area contributed by atoms with Gasteiger partial charge in [-0.3, -0.25) is 0 Å². The number of aromatic nitrogens is 1. The van der Waals surface area contributed by atoms with Gasteiger partial charge in [0.1, 0.15) is 11.1 Å². The minimum Gasteiger partial charge on any atom is -0.395 e. The molecule has 0 amide bonds. The molecular weight excluding hydrogens is 306 g/mol. The van der Waals surface area contributed by atoms with Crippen LogP contribution in [0.2, 0.25) is 0 Å². The Bertz CT molecular complexity index is 743. The van der Waals surface area contributed by atoms with Crippen molar-refractivity contribution >= 4 is 28.7 Å². The van der Waals surface area contributed by atoms with Crippen molar-refractivity contribution in [2.45, 2.75) is 20.8 Å². The molecule has 2 rings (SSSR count). The number of benzene rings is 1. The first kappa shape index (κ1) is 17.2. The molecule has 4 nitrogen and oxygen atoms in total. The van der Waals surface area contributed by atoms with Gasteiger partial charge in [-0.25, -0.2) is 4.98 Å². The van der Waals surface area contributed by atoms with Crippen molar-refractivity contribution in [1.82, 2.24) is 4.98 Å². The van der Waals surface area contributed by atoms with Crippen LogP contribution < -0.4 is 4.90 Å². The highest BCUT2D eigenvalue weighted by Gasteiger charge is 2.09. The maximum atomic E-state index is 9.40. The quantitative estimate of drug-likeness (QED) is 0.823. The molecule has 0 radical (unpaired) electrons. The second-order valence-electron chi connectivity index (χ2n) is 5.31. The van der Waals surface area contributed by atoms with Crippen molar-refractivity contribution in [3.8, 4) is 6.07 Å². The highest BCUT2D eigenvalue weighted by atomic mass is 32.1. The maximum absolute atomic E-state index is 9.40. The summed E-state index contributed by atoms with van der Waals surface area (Å²) in [6.45, 7) is 7.62.